The number of pyridine rings is 2. The number of anilines is 4. The van der Waals surface area contributed by atoms with Crippen LogP contribution in [0.3, 0.4) is 0 Å². The summed E-state index contributed by atoms with van der Waals surface area (Å²) < 4.78 is 33.7. The lowest BCUT2D eigenvalue weighted by molar-refractivity contribution is -0.117. The van der Waals surface area contributed by atoms with E-state index in [2.05, 4.69) is 54.5 Å². The van der Waals surface area contributed by atoms with Crippen LogP contribution in [0.15, 0.2) is 36.7 Å². The van der Waals surface area contributed by atoms with Crippen LogP contribution in [-0.2, 0) is 9.22 Å². The van der Waals surface area contributed by atoms with Gasteiger partial charge >= 0.3 is 0 Å². The minimum absolute atomic E-state index is 0.0214. The highest BCUT2D eigenvalue weighted by Gasteiger charge is 2.38. The number of aromatic nitrogens is 2. The van der Waals surface area contributed by atoms with Gasteiger partial charge in [0.1, 0.15) is 30.1 Å². The zero-order valence-corrected chi connectivity index (χ0v) is 26.0. The van der Waals surface area contributed by atoms with Crippen LogP contribution in [0.1, 0.15) is 52.2 Å². The van der Waals surface area contributed by atoms with Gasteiger partial charge in [0.05, 0.1) is 35.9 Å². The highest BCUT2D eigenvalue weighted by Crippen LogP contribution is 2.46. The summed E-state index contributed by atoms with van der Waals surface area (Å²) >= 11 is 0. The molecule has 222 valence electrons. The molecule has 9 nitrogen and oxygen atoms in total. The Morgan fingerprint density at radius 3 is 2.71 bits per heavy atom. The molecule has 2 aromatic heterocycles. The number of ether oxygens (including phenoxy) is 2. The van der Waals surface area contributed by atoms with Crippen molar-refractivity contribution in [3.63, 3.8) is 0 Å². The summed E-state index contributed by atoms with van der Waals surface area (Å²) in [5, 5.41) is 6.99. The molecule has 3 aliphatic heterocycles. The van der Waals surface area contributed by atoms with E-state index in [1.807, 2.05) is 19.1 Å². The van der Waals surface area contributed by atoms with Crippen LogP contribution in [0.4, 0.5) is 27.3 Å². The van der Waals surface area contributed by atoms with Gasteiger partial charge < -0.3 is 29.4 Å². The summed E-state index contributed by atoms with van der Waals surface area (Å²) in [5.74, 6) is 1.20. The zero-order chi connectivity index (χ0) is 29.8. The van der Waals surface area contributed by atoms with Crippen molar-refractivity contribution in [2.24, 2.45) is 0 Å². The molecule has 1 fully saturated rings. The van der Waals surface area contributed by atoms with Crippen molar-refractivity contribution in [1.82, 2.24) is 9.97 Å². The predicted molar refractivity (Wildman–Crippen MR) is 164 cm³/mol. The fourth-order valence-electron chi connectivity index (χ4n) is 5.26. The molecule has 6 rings (SSSR count). The van der Waals surface area contributed by atoms with Gasteiger partial charge in [-0.05, 0) is 49.7 Å². The van der Waals surface area contributed by atoms with Gasteiger partial charge in [0, 0.05) is 41.9 Å². The number of hydrogen-bond acceptors (Lipinski definition) is 8. The molecule has 0 saturated carbocycles. The van der Waals surface area contributed by atoms with Gasteiger partial charge in [-0.15, -0.1) is 0 Å². The molecule has 1 saturated heterocycles. The lowest BCUT2D eigenvalue weighted by Crippen LogP contribution is -2.45. The molecule has 2 unspecified atom stereocenters. The molecule has 42 heavy (non-hydrogen) atoms. The molecule has 0 radical (unpaired) electrons. The van der Waals surface area contributed by atoms with Crippen LogP contribution >= 0.6 is 0 Å². The van der Waals surface area contributed by atoms with Crippen molar-refractivity contribution in [3.05, 3.63) is 48.0 Å². The second kappa shape index (κ2) is 10.5. The van der Waals surface area contributed by atoms with Gasteiger partial charge in [-0.25, -0.2) is 14.4 Å². The summed E-state index contributed by atoms with van der Waals surface area (Å²) in [6, 6.07) is 6.97. The highest BCUT2D eigenvalue weighted by molar-refractivity contribution is 6.74. The Labute approximate surface area is 246 Å². The molecule has 2 N–H and O–H groups in total. The molecule has 1 amide bonds. The Kier molecular flexibility index (Phi) is 7.13. The van der Waals surface area contributed by atoms with Crippen LogP contribution in [0.25, 0.3) is 11.1 Å². The SMILES string of the molecule is CC1Oc2cc(N3CCCC3=O)c(F)cc2-c2cnc(Nc3cnc4c(c3)NC(CO[Si](C)(C)C(C)(C)C)CO4)cc21. The van der Waals surface area contributed by atoms with E-state index in [4.69, 9.17) is 13.9 Å². The number of benzene rings is 1. The molecule has 0 aliphatic carbocycles. The number of amides is 1. The Morgan fingerprint density at radius 2 is 1.98 bits per heavy atom. The third kappa shape index (κ3) is 5.31. The smallest absolute Gasteiger partial charge is 0.237 e. The number of halogens is 1. The molecular formula is C31H38FN5O4Si. The topological polar surface area (TPSA) is 97.8 Å². The summed E-state index contributed by atoms with van der Waals surface area (Å²) in [6.45, 7) is 14.7. The van der Waals surface area contributed by atoms with Crippen molar-refractivity contribution in [2.45, 2.75) is 70.8 Å². The van der Waals surface area contributed by atoms with E-state index in [9.17, 15) is 4.79 Å². The molecule has 11 heteroatoms. The van der Waals surface area contributed by atoms with E-state index in [0.717, 1.165) is 28.9 Å². The van der Waals surface area contributed by atoms with Gasteiger partial charge in [-0.2, -0.15) is 0 Å². The number of rotatable bonds is 6. The number of nitrogens with one attached hydrogen (secondary N) is 2. The van der Waals surface area contributed by atoms with E-state index >= 15 is 4.39 Å². The molecule has 3 aromatic rings. The number of carbonyl (C=O) groups is 1. The van der Waals surface area contributed by atoms with Gasteiger partial charge in [0.25, 0.3) is 0 Å². The first kappa shape index (κ1) is 28.4. The average molecular weight is 592 g/mol. The van der Waals surface area contributed by atoms with Crippen LogP contribution in [0.2, 0.25) is 18.1 Å². The van der Waals surface area contributed by atoms with Crippen LogP contribution < -0.4 is 25.0 Å². The standard InChI is InChI=1S/C31H38FN5O4Si/c1-18-21-12-28(33-15-23(21)22-11-24(32)26(13-27(22)41-18)37-9-7-8-29(37)38)36-19-10-25-30(34-14-19)39-16-20(35-25)17-40-42(5,6)31(2,3)4/h10-15,18,20,35H,7-9,16-17H2,1-6H3,(H,33,36). The van der Waals surface area contributed by atoms with Crippen molar-refractivity contribution in [1.29, 1.82) is 0 Å². The van der Waals surface area contributed by atoms with Crippen molar-refractivity contribution < 1.29 is 23.1 Å². The molecule has 3 aliphatic rings. The van der Waals surface area contributed by atoms with Gasteiger partial charge in [0.15, 0.2) is 8.32 Å². The van der Waals surface area contributed by atoms with Crippen LogP contribution in [-0.4, -0.2) is 50.0 Å². The molecular weight excluding hydrogens is 553 g/mol. The summed E-state index contributed by atoms with van der Waals surface area (Å²) in [5.41, 5.74) is 4.12. The zero-order valence-electron chi connectivity index (χ0n) is 25.0. The number of carbonyl (C=O) groups excluding carboxylic acids is 1. The van der Waals surface area contributed by atoms with E-state index in [0.29, 0.717) is 49.2 Å². The predicted octanol–water partition coefficient (Wildman–Crippen LogP) is 6.80. The Morgan fingerprint density at radius 1 is 1.17 bits per heavy atom. The highest BCUT2D eigenvalue weighted by atomic mass is 28.4. The third-order valence-electron chi connectivity index (χ3n) is 8.74. The Bertz CT molecular complexity index is 1540. The van der Waals surface area contributed by atoms with E-state index in [1.165, 1.54) is 11.0 Å². The number of hydrogen-bond donors (Lipinski definition) is 2. The molecule has 1 aromatic carbocycles. The fourth-order valence-corrected chi connectivity index (χ4v) is 6.31. The first-order valence-electron chi connectivity index (χ1n) is 14.5. The van der Waals surface area contributed by atoms with Gasteiger partial charge in [-0.1, -0.05) is 20.8 Å². The van der Waals surface area contributed by atoms with E-state index in [-0.39, 0.29) is 28.8 Å². The van der Waals surface area contributed by atoms with Gasteiger partial charge in [0.2, 0.25) is 11.8 Å². The maximum atomic E-state index is 15.2. The van der Waals surface area contributed by atoms with E-state index in [1.54, 1.807) is 18.5 Å². The quantitative estimate of drug-likeness (QED) is 0.302. The summed E-state index contributed by atoms with van der Waals surface area (Å²) in [4.78, 5) is 22.8. The van der Waals surface area contributed by atoms with Crippen molar-refractivity contribution in [2.75, 3.05) is 35.3 Å². The van der Waals surface area contributed by atoms with Crippen molar-refractivity contribution >= 4 is 37.1 Å². The normalized spacial score (nSPS) is 19.7. The second-order valence-corrected chi connectivity index (χ2v) is 17.6. The molecule has 0 spiro atoms. The largest absolute Gasteiger partial charge is 0.485 e. The average Bonchev–Trinajstić information content (AvgIpc) is 3.37. The third-order valence-corrected chi connectivity index (χ3v) is 13.2. The lowest BCUT2D eigenvalue weighted by atomic mass is 9.94. The Balaban J connectivity index is 1.19. The fraction of sp³-hybridized carbons (Fsp3) is 0.452. The summed E-state index contributed by atoms with van der Waals surface area (Å²) in [7, 11) is -1.88. The van der Waals surface area contributed by atoms with Gasteiger partial charge in [-0.3, -0.25) is 4.79 Å². The number of fused-ring (bicyclic) bond motifs is 4. The summed E-state index contributed by atoms with van der Waals surface area (Å²) in [6.07, 6.45) is 4.31. The maximum absolute atomic E-state index is 15.2. The first-order valence-corrected chi connectivity index (χ1v) is 17.4. The Hall–Kier alpha value is -3.70. The van der Waals surface area contributed by atoms with Crippen molar-refractivity contribution in [3.8, 4) is 22.8 Å². The van der Waals surface area contributed by atoms with Crippen LogP contribution in [0.5, 0.6) is 11.6 Å². The lowest BCUT2D eigenvalue weighted by Gasteiger charge is -2.38. The minimum Gasteiger partial charge on any atom is -0.485 e. The maximum Gasteiger partial charge on any atom is 0.237 e. The van der Waals surface area contributed by atoms with E-state index < -0.39 is 14.1 Å². The minimum atomic E-state index is -1.88. The molecule has 5 heterocycles. The van der Waals surface area contributed by atoms with Crippen LogP contribution in [0, 0.1) is 5.82 Å². The molecule has 0 bridgehead atoms. The first-order chi connectivity index (χ1) is 19.9. The number of nitrogens with zero attached hydrogens (tertiary/aromatic N) is 3. The monoisotopic (exact) mass is 591 g/mol. The second-order valence-electron chi connectivity index (χ2n) is 12.8. The molecule has 2 atom stereocenters.